The van der Waals surface area contributed by atoms with Gasteiger partial charge in [0.25, 0.3) is 0 Å². The van der Waals surface area contributed by atoms with Crippen molar-refractivity contribution in [1.29, 1.82) is 0 Å². The van der Waals surface area contributed by atoms with Gasteiger partial charge in [-0.2, -0.15) is 47.9 Å². The zero-order valence-electron chi connectivity index (χ0n) is 32.5. The van der Waals surface area contributed by atoms with Gasteiger partial charge in [-0.1, -0.05) is 121 Å². The predicted molar refractivity (Wildman–Crippen MR) is 221 cm³/mol. The number of allylic oxidation sites excluding steroid dienone is 9. The Labute approximate surface area is 354 Å². The first kappa shape index (κ1) is 44.5. The molecule has 0 bridgehead atoms. The number of fused-ring (bicyclic) bond motifs is 2. The molecule has 0 saturated heterocycles. The fraction of sp³-hybridized carbons (Fsp3) is 0.244. The van der Waals surface area contributed by atoms with E-state index in [1.165, 1.54) is 5.41 Å². The maximum absolute atomic E-state index is 15.6. The Balaban J connectivity index is 1.53. The number of halogens is 9. The minimum absolute atomic E-state index is 0.00482. The van der Waals surface area contributed by atoms with Gasteiger partial charge in [-0.05, 0) is 66.0 Å². The molecular weight excluding hydrogens is 866 g/mol. The summed E-state index contributed by atoms with van der Waals surface area (Å²) in [6.07, 6.45) is 8.04. The molecule has 0 saturated carbocycles. The molecule has 3 aliphatic rings. The monoisotopic (exact) mass is 901 g/mol. The zero-order chi connectivity index (χ0) is 44.7. The number of benzene rings is 3. The van der Waals surface area contributed by atoms with E-state index in [9.17, 15) is 39.2 Å². The summed E-state index contributed by atoms with van der Waals surface area (Å²) >= 11 is 0. The molecule has 4 aromatic rings. The lowest BCUT2D eigenvalue weighted by Crippen LogP contribution is -2.63. The maximum atomic E-state index is 15.6. The maximum Gasteiger partial charge on any atom is 0.460 e. The topological polar surface area (TPSA) is 82.0 Å². The SMILES string of the molecule is C=CCC(/C=C\C)C1(C[C@H]2C=CC=CC2)C2=S(C=C(c3nc(-c4ccccc4)nc(-c4ccccc4)n3)C(OS(=O)(=O)C(F)(F)C(F)(F)C(F)(F)C(F)(F)F)=C2)c2ccccc21. The second-order valence-corrected chi connectivity index (χ2v) is 18.0. The lowest BCUT2D eigenvalue weighted by molar-refractivity contribution is -0.382. The van der Waals surface area contributed by atoms with E-state index < -0.39 is 72.4 Å². The third kappa shape index (κ3) is 7.56. The summed E-state index contributed by atoms with van der Waals surface area (Å²) < 4.78 is 161. The zero-order valence-corrected chi connectivity index (χ0v) is 34.2. The normalized spacial score (nSPS) is 21.0. The number of rotatable bonds is 14. The molecule has 324 valence electrons. The van der Waals surface area contributed by atoms with Crippen LogP contribution in [0.1, 0.15) is 37.6 Å². The lowest BCUT2D eigenvalue weighted by atomic mass is 9.61. The lowest BCUT2D eigenvalue weighted by Gasteiger charge is -2.41. The van der Waals surface area contributed by atoms with Crippen molar-refractivity contribution in [3.05, 3.63) is 163 Å². The number of hydrogen-bond acceptors (Lipinski definition) is 6. The van der Waals surface area contributed by atoms with E-state index in [1.54, 1.807) is 91.9 Å². The van der Waals surface area contributed by atoms with Crippen LogP contribution < -0.4 is 0 Å². The Bertz CT molecular complexity index is 2620. The van der Waals surface area contributed by atoms with Crippen molar-refractivity contribution in [1.82, 2.24) is 15.0 Å². The quantitative estimate of drug-likeness (QED) is 0.0543. The first-order chi connectivity index (χ1) is 29.3. The Morgan fingerprint density at radius 2 is 1.40 bits per heavy atom. The molecule has 0 fully saturated rings. The summed E-state index contributed by atoms with van der Waals surface area (Å²) in [6, 6.07) is 23.9. The summed E-state index contributed by atoms with van der Waals surface area (Å²) in [6.45, 7) is 5.73. The van der Waals surface area contributed by atoms with Crippen LogP contribution in [0.15, 0.2) is 156 Å². The van der Waals surface area contributed by atoms with Crippen molar-refractivity contribution in [3.8, 4) is 22.8 Å². The van der Waals surface area contributed by atoms with E-state index in [1.807, 2.05) is 42.5 Å². The van der Waals surface area contributed by atoms with E-state index in [0.29, 0.717) is 40.1 Å². The van der Waals surface area contributed by atoms with Crippen molar-refractivity contribution in [2.24, 2.45) is 11.8 Å². The molecule has 3 heterocycles. The van der Waals surface area contributed by atoms with Gasteiger partial charge in [-0.25, -0.2) is 15.0 Å². The van der Waals surface area contributed by atoms with Crippen molar-refractivity contribution >= 4 is 31.0 Å². The van der Waals surface area contributed by atoms with Crippen molar-refractivity contribution < 1.29 is 52.1 Å². The van der Waals surface area contributed by atoms with Gasteiger partial charge in [0.15, 0.2) is 23.2 Å². The molecule has 6 nitrogen and oxygen atoms in total. The molecule has 4 atom stereocenters. The Morgan fingerprint density at radius 1 is 0.823 bits per heavy atom. The first-order valence-electron chi connectivity index (χ1n) is 19.0. The van der Waals surface area contributed by atoms with Crippen LogP contribution in [0.5, 0.6) is 0 Å². The fourth-order valence-corrected chi connectivity index (χ4v) is 11.4. The average molecular weight is 902 g/mol. The van der Waals surface area contributed by atoms with Crippen LogP contribution in [-0.2, 0) is 19.7 Å². The van der Waals surface area contributed by atoms with Crippen molar-refractivity contribution in [3.63, 3.8) is 0 Å². The van der Waals surface area contributed by atoms with Crippen molar-refractivity contribution in [2.75, 3.05) is 0 Å². The summed E-state index contributed by atoms with van der Waals surface area (Å²) in [5, 5.41) is -5.72. The van der Waals surface area contributed by atoms with Gasteiger partial charge in [0.2, 0.25) is 0 Å². The molecule has 2 aliphatic heterocycles. The minimum atomic E-state index is -7.54. The highest BCUT2D eigenvalue weighted by Crippen LogP contribution is 2.60. The summed E-state index contributed by atoms with van der Waals surface area (Å²) in [4.78, 5) is 14.8. The molecule has 7 rings (SSSR count). The number of hydrogen-bond donors (Lipinski definition) is 0. The third-order valence-electron chi connectivity index (χ3n) is 10.7. The molecule has 0 radical (unpaired) electrons. The van der Waals surface area contributed by atoms with E-state index in [2.05, 4.69) is 21.5 Å². The Hall–Kier alpha value is -5.55. The molecule has 1 aliphatic carbocycles. The molecule has 3 unspecified atom stereocenters. The number of nitrogens with zero attached hydrogens (tertiary/aromatic N) is 3. The predicted octanol–water partition coefficient (Wildman–Crippen LogP) is 12.3. The molecule has 1 aromatic heterocycles. The summed E-state index contributed by atoms with van der Waals surface area (Å²) in [5.74, 6) is -17.2. The van der Waals surface area contributed by atoms with Gasteiger partial charge in [0, 0.05) is 21.4 Å². The highest BCUT2D eigenvalue weighted by atomic mass is 32.2. The Kier molecular flexibility index (Phi) is 11.9. The van der Waals surface area contributed by atoms with Gasteiger partial charge in [0.05, 0.1) is 5.57 Å². The summed E-state index contributed by atoms with van der Waals surface area (Å²) in [7, 11) is -8.65. The second kappa shape index (κ2) is 16.6. The molecule has 3 aromatic carbocycles. The van der Waals surface area contributed by atoms with E-state index in [4.69, 9.17) is 4.18 Å². The first-order valence-corrected chi connectivity index (χ1v) is 21.7. The highest BCUT2D eigenvalue weighted by Gasteiger charge is 2.86. The smallest absolute Gasteiger partial charge is 0.377 e. The van der Waals surface area contributed by atoms with Crippen LogP contribution in [0.2, 0.25) is 0 Å². The highest BCUT2D eigenvalue weighted by molar-refractivity contribution is 8.19. The van der Waals surface area contributed by atoms with Gasteiger partial charge < -0.3 is 4.18 Å². The van der Waals surface area contributed by atoms with E-state index >= 15 is 8.78 Å². The number of alkyl halides is 9. The molecule has 0 amide bonds. The average Bonchev–Trinajstić information content (AvgIpc) is 3.52. The summed E-state index contributed by atoms with van der Waals surface area (Å²) in [5.41, 5.74) is 0.0151. The third-order valence-corrected chi connectivity index (χ3v) is 14.3. The van der Waals surface area contributed by atoms with Crippen LogP contribution in [0, 0.1) is 11.8 Å². The standard InChI is InChI=1S/C45H36F9N3O3S2/c1-3-16-32(17-4-2)41(27-29-18-8-5-9-19-29)34-24-14-15-25-36(34)61-28-33(40-56-38(30-20-10-6-11-21-30)55-39(57-40)31-22-12-7-13-23-31)35(26-37(41)61)60-62(58,59)45(53,54)43(48,49)42(46,47)44(50,51)52/h3-15,17-18,20-26,28-29,32H,1,16,19,27H2,2H3/b17-4-/t29-,32?,41?,61?/m0/s1. The minimum Gasteiger partial charge on any atom is -0.377 e. The molecular formula is C45H36F9N3O3S2. The molecule has 0 spiro atoms. The van der Waals surface area contributed by atoms with Crippen LogP contribution in [0.25, 0.3) is 28.3 Å². The fourth-order valence-electron chi connectivity index (χ4n) is 7.81. The molecule has 0 N–H and O–H groups in total. The second-order valence-electron chi connectivity index (χ2n) is 14.6. The van der Waals surface area contributed by atoms with Crippen LogP contribution in [0.3, 0.4) is 0 Å². The van der Waals surface area contributed by atoms with Gasteiger partial charge in [-0.3, -0.25) is 0 Å². The Morgan fingerprint density at radius 3 is 1.95 bits per heavy atom. The van der Waals surface area contributed by atoms with Crippen LogP contribution >= 0.6 is 10.5 Å². The largest absolute Gasteiger partial charge is 0.460 e. The van der Waals surface area contributed by atoms with Crippen molar-refractivity contribution in [2.45, 2.75) is 59.8 Å². The van der Waals surface area contributed by atoms with Gasteiger partial charge in [0.1, 0.15) is 0 Å². The van der Waals surface area contributed by atoms with E-state index in [0.717, 1.165) is 11.6 Å². The van der Waals surface area contributed by atoms with Gasteiger partial charge in [-0.15, -0.1) is 17.1 Å². The molecule has 17 heteroatoms. The number of aromatic nitrogens is 3. The van der Waals surface area contributed by atoms with Crippen LogP contribution in [0.4, 0.5) is 39.5 Å². The van der Waals surface area contributed by atoms with Crippen LogP contribution in [-0.4, -0.2) is 51.5 Å². The van der Waals surface area contributed by atoms with E-state index in [-0.39, 0.29) is 17.6 Å². The molecule has 62 heavy (non-hydrogen) atoms. The van der Waals surface area contributed by atoms with Gasteiger partial charge >= 0.3 is 33.4 Å².